The van der Waals surface area contributed by atoms with Crippen LogP contribution in [-0.2, 0) is 4.74 Å². The highest BCUT2D eigenvalue weighted by Crippen LogP contribution is 2.23. The molecule has 90 valence electrons. The van der Waals surface area contributed by atoms with E-state index < -0.39 is 5.97 Å². The van der Waals surface area contributed by atoms with Crippen molar-refractivity contribution in [2.24, 2.45) is 0 Å². The highest BCUT2D eigenvalue weighted by molar-refractivity contribution is 7.99. The zero-order chi connectivity index (χ0) is 12.2. The molecular weight excluding hydrogens is 244 g/mol. The third kappa shape index (κ3) is 3.68. The molecule has 16 heavy (non-hydrogen) atoms. The molecule has 1 rings (SSSR count). The average molecular weight is 260 g/mol. The number of anilines is 1. The number of ether oxygens (including phenoxy) is 1. The number of thiazole rings is 1. The van der Waals surface area contributed by atoms with Gasteiger partial charge in [-0.1, -0.05) is 0 Å². The molecule has 4 nitrogen and oxygen atoms in total. The van der Waals surface area contributed by atoms with Crippen molar-refractivity contribution in [1.29, 1.82) is 0 Å². The second-order valence-corrected chi connectivity index (χ2v) is 6.22. The fourth-order valence-corrected chi connectivity index (χ4v) is 1.81. The molecule has 0 aliphatic rings. The van der Waals surface area contributed by atoms with E-state index in [1.165, 1.54) is 18.4 Å². The van der Waals surface area contributed by atoms with Crippen LogP contribution in [-0.4, -0.2) is 35.6 Å². The monoisotopic (exact) mass is 260 g/mol. The van der Waals surface area contributed by atoms with E-state index >= 15 is 0 Å². The molecule has 0 radical (unpaired) electrons. The van der Waals surface area contributed by atoms with Crippen molar-refractivity contribution in [3.63, 3.8) is 0 Å². The van der Waals surface area contributed by atoms with Crippen molar-refractivity contribution in [2.75, 3.05) is 25.2 Å². The molecule has 1 aromatic heterocycles. The summed E-state index contributed by atoms with van der Waals surface area (Å²) >= 11 is 3.20. The smallest absolute Gasteiger partial charge is 0.357 e. The number of carbonyl (C=O) groups excluding carboxylic acids is 1. The van der Waals surface area contributed by atoms with Crippen LogP contribution >= 0.6 is 23.1 Å². The van der Waals surface area contributed by atoms with Gasteiger partial charge in [0.1, 0.15) is 0 Å². The molecule has 0 fully saturated rings. The van der Waals surface area contributed by atoms with Gasteiger partial charge in [-0.2, -0.15) is 11.8 Å². The molecule has 1 N–H and O–H groups in total. The van der Waals surface area contributed by atoms with Gasteiger partial charge in [-0.15, -0.1) is 11.3 Å². The molecule has 0 aliphatic carbocycles. The lowest BCUT2D eigenvalue weighted by atomic mass is 10.2. The number of esters is 1. The number of rotatable bonds is 5. The number of methoxy groups -OCH3 is 1. The van der Waals surface area contributed by atoms with Gasteiger partial charge < -0.3 is 10.1 Å². The Hall–Kier alpha value is -0.750. The van der Waals surface area contributed by atoms with E-state index in [1.54, 1.807) is 17.1 Å². The Morgan fingerprint density at radius 2 is 2.38 bits per heavy atom. The number of nitrogens with one attached hydrogen (secondary N) is 1. The van der Waals surface area contributed by atoms with Crippen LogP contribution in [0.5, 0.6) is 0 Å². The summed E-state index contributed by atoms with van der Waals surface area (Å²) in [6, 6.07) is 0. The van der Waals surface area contributed by atoms with E-state index in [0.717, 1.165) is 11.7 Å². The fraction of sp³-hybridized carbons (Fsp3) is 0.600. The van der Waals surface area contributed by atoms with Gasteiger partial charge in [0.2, 0.25) is 0 Å². The lowest BCUT2D eigenvalue weighted by Crippen LogP contribution is -2.25. The number of hydrogen-bond acceptors (Lipinski definition) is 6. The molecular formula is C10H16N2O2S2. The first-order valence-corrected chi connectivity index (χ1v) is 6.92. The fourth-order valence-electron chi connectivity index (χ4n) is 0.914. The minimum atomic E-state index is -0.395. The number of nitrogens with zero attached hydrogens (tertiary/aromatic N) is 1. The summed E-state index contributed by atoms with van der Waals surface area (Å²) < 4.78 is 4.74. The van der Waals surface area contributed by atoms with Crippen LogP contribution in [0.3, 0.4) is 0 Å². The minimum Gasteiger partial charge on any atom is -0.464 e. The lowest BCUT2D eigenvalue weighted by molar-refractivity contribution is 0.0595. The standard InChI is InChI=1S/C10H16N2O2S2/c1-10(2,15-4)6-11-9-12-7(5-16-9)8(13)14-3/h5H,6H2,1-4H3,(H,11,12). The van der Waals surface area contributed by atoms with Gasteiger partial charge in [0.15, 0.2) is 10.8 Å². The SMILES string of the molecule is COC(=O)c1csc(NCC(C)(C)SC)n1. The molecule has 0 aliphatic heterocycles. The van der Waals surface area contributed by atoms with Crippen molar-refractivity contribution in [1.82, 2.24) is 4.98 Å². The van der Waals surface area contributed by atoms with Gasteiger partial charge in [0, 0.05) is 16.7 Å². The van der Waals surface area contributed by atoms with Crippen molar-refractivity contribution in [3.8, 4) is 0 Å². The van der Waals surface area contributed by atoms with E-state index in [0.29, 0.717) is 5.69 Å². The quantitative estimate of drug-likeness (QED) is 0.824. The molecule has 0 unspecified atom stereocenters. The van der Waals surface area contributed by atoms with Crippen LogP contribution in [0.25, 0.3) is 0 Å². The Morgan fingerprint density at radius 1 is 1.69 bits per heavy atom. The highest BCUT2D eigenvalue weighted by Gasteiger charge is 2.17. The first-order valence-electron chi connectivity index (χ1n) is 4.81. The zero-order valence-corrected chi connectivity index (χ0v) is 11.5. The molecule has 0 spiro atoms. The second kappa shape index (κ2) is 5.54. The van der Waals surface area contributed by atoms with Gasteiger partial charge in [-0.25, -0.2) is 9.78 Å². The number of thioether (sulfide) groups is 1. The third-order valence-electron chi connectivity index (χ3n) is 2.12. The number of hydrogen-bond donors (Lipinski definition) is 1. The lowest BCUT2D eigenvalue weighted by Gasteiger charge is -2.21. The maximum absolute atomic E-state index is 11.2. The van der Waals surface area contributed by atoms with Crippen molar-refractivity contribution in [2.45, 2.75) is 18.6 Å². The topological polar surface area (TPSA) is 51.2 Å². The van der Waals surface area contributed by atoms with Crippen LogP contribution in [0, 0.1) is 0 Å². The molecule has 0 saturated heterocycles. The summed E-state index contributed by atoms with van der Waals surface area (Å²) in [6.45, 7) is 5.11. The van der Waals surface area contributed by atoms with Gasteiger partial charge >= 0.3 is 5.97 Å². The molecule has 0 amide bonds. The van der Waals surface area contributed by atoms with Crippen LogP contribution in [0.4, 0.5) is 5.13 Å². The Morgan fingerprint density at radius 3 is 2.94 bits per heavy atom. The Kier molecular flexibility index (Phi) is 4.61. The van der Waals surface area contributed by atoms with Crippen LogP contribution in [0.1, 0.15) is 24.3 Å². The van der Waals surface area contributed by atoms with Crippen molar-refractivity contribution >= 4 is 34.2 Å². The van der Waals surface area contributed by atoms with Crippen molar-refractivity contribution in [3.05, 3.63) is 11.1 Å². The summed E-state index contributed by atoms with van der Waals surface area (Å²) in [4.78, 5) is 15.3. The predicted octanol–water partition coefficient (Wildman–Crippen LogP) is 2.48. The largest absolute Gasteiger partial charge is 0.464 e. The van der Waals surface area contributed by atoms with Gasteiger partial charge in [0.05, 0.1) is 7.11 Å². The first kappa shape index (κ1) is 13.3. The number of carbonyl (C=O) groups is 1. The van der Waals surface area contributed by atoms with E-state index in [1.807, 2.05) is 0 Å². The molecule has 1 aromatic rings. The zero-order valence-electron chi connectivity index (χ0n) is 9.86. The van der Waals surface area contributed by atoms with E-state index in [-0.39, 0.29) is 4.75 Å². The Bertz CT molecular complexity index is 363. The molecule has 6 heteroatoms. The molecule has 1 heterocycles. The normalized spacial score (nSPS) is 11.2. The van der Waals surface area contributed by atoms with Crippen molar-refractivity contribution < 1.29 is 9.53 Å². The van der Waals surface area contributed by atoms with E-state index in [4.69, 9.17) is 0 Å². The highest BCUT2D eigenvalue weighted by atomic mass is 32.2. The summed E-state index contributed by atoms with van der Waals surface area (Å²) in [5, 5.41) is 5.66. The maximum atomic E-state index is 11.2. The number of aromatic nitrogens is 1. The van der Waals surface area contributed by atoms with E-state index in [9.17, 15) is 4.79 Å². The minimum absolute atomic E-state index is 0.150. The average Bonchev–Trinajstić information content (AvgIpc) is 2.74. The van der Waals surface area contributed by atoms with E-state index in [2.05, 4.69) is 35.1 Å². The van der Waals surface area contributed by atoms with Crippen LogP contribution < -0.4 is 5.32 Å². The Balaban J connectivity index is 2.56. The molecule has 0 saturated carbocycles. The predicted molar refractivity (Wildman–Crippen MR) is 69.5 cm³/mol. The summed E-state index contributed by atoms with van der Waals surface area (Å²) in [6.07, 6.45) is 2.07. The molecule has 0 aromatic carbocycles. The second-order valence-electron chi connectivity index (χ2n) is 3.85. The van der Waals surface area contributed by atoms with Gasteiger partial charge in [0.25, 0.3) is 0 Å². The Labute approximate surface area is 104 Å². The third-order valence-corrected chi connectivity index (χ3v) is 4.17. The maximum Gasteiger partial charge on any atom is 0.357 e. The van der Waals surface area contributed by atoms with Crippen LogP contribution in [0.15, 0.2) is 5.38 Å². The summed E-state index contributed by atoms with van der Waals surface area (Å²) in [5.74, 6) is -0.395. The molecule has 0 bridgehead atoms. The first-order chi connectivity index (χ1) is 7.48. The van der Waals surface area contributed by atoms with Crippen LogP contribution in [0.2, 0.25) is 0 Å². The summed E-state index contributed by atoms with van der Waals surface area (Å²) in [5.41, 5.74) is 0.358. The molecule has 0 atom stereocenters. The van der Waals surface area contributed by atoms with Gasteiger partial charge in [-0.3, -0.25) is 0 Å². The summed E-state index contributed by atoms with van der Waals surface area (Å²) in [7, 11) is 1.35. The van der Waals surface area contributed by atoms with Gasteiger partial charge in [-0.05, 0) is 20.1 Å².